The second-order valence-electron chi connectivity index (χ2n) is 6.88. The Labute approximate surface area is 167 Å². The maximum absolute atomic E-state index is 13.2. The van der Waals surface area contributed by atoms with E-state index in [1.807, 2.05) is 4.68 Å². The number of hydrogen-bond acceptors (Lipinski definition) is 6. The van der Waals surface area contributed by atoms with E-state index in [1.54, 1.807) is 30.6 Å². The first-order valence-electron chi connectivity index (χ1n) is 9.73. The molecule has 150 valence electrons. The summed E-state index contributed by atoms with van der Waals surface area (Å²) in [6.07, 6.45) is 7.13. The maximum atomic E-state index is 13.2. The zero-order valence-corrected chi connectivity index (χ0v) is 16.0. The van der Waals surface area contributed by atoms with Crippen molar-refractivity contribution in [2.45, 2.75) is 38.7 Å². The van der Waals surface area contributed by atoms with Gasteiger partial charge in [0.2, 0.25) is 5.95 Å². The first-order chi connectivity index (χ1) is 14.2. The van der Waals surface area contributed by atoms with Crippen LogP contribution in [-0.2, 0) is 29.0 Å². The third-order valence-corrected chi connectivity index (χ3v) is 4.86. The molecule has 29 heavy (non-hydrogen) atoms. The Morgan fingerprint density at radius 1 is 1.17 bits per heavy atom. The number of anilines is 1. The molecule has 7 nitrogen and oxygen atoms in total. The molecule has 1 N–H and O–H groups in total. The zero-order chi connectivity index (χ0) is 20.1. The molecular formula is C21H22FN5O2. The largest absolute Gasteiger partial charge is 0.459 e. The topological polar surface area (TPSA) is 81.9 Å². The lowest BCUT2D eigenvalue weighted by molar-refractivity contribution is -0.145. The van der Waals surface area contributed by atoms with Gasteiger partial charge in [0, 0.05) is 36.6 Å². The smallest absolute Gasteiger partial charge is 0.306 e. The van der Waals surface area contributed by atoms with Crippen LogP contribution in [0.4, 0.5) is 10.3 Å². The van der Waals surface area contributed by atoms with E-state index in [2.05, 4.69) is 20.4 Å². The lowest BCUT2D eigenvalue weighted by atomic mass is 10.2. The monoisotopic (exact) mass is 395 g/mol. The molecule has 0 radical (unpaired) electrons. The van der Waals surface area contributed by atoms with Crippen LogP contribution < -0.4 is 5.32 Å². The molecule has 0 saturated heterocycles. The van der Waals surface area contributed by atoms with Crippen molar-refractivity contribution in [3.8, 4) is 5.69 Å². The van der Waals surface area contributed by atoms with Gasteiger partial charge in [0.05, 0.1) is 5.69 Å². The fourth-order valence-corrected chi connectivity index (χ4v) is 3.47. The van der Waals surface area contributed by atoms with Crippen molar-refractivity contribution in [2.75, 3.05) is 11.9 Å². The van der Waals surface area contributed by atoms with Crippen LogP contribution in [0.5, 0.6) is 0 Å². The minimum atomic E-state index is -0.278. The maximum Gasteiger partial charge on any atom is 0.306 e. The second kappa shape index (κ2) is 8.81. The molecule has 0 bridgehead atoms. The Balaban J connectivity index is 1.31. The number of aromatic nitrogens is 4. The summed E-state index contributed by atoms with van der Waals surface area (Å²) in [6, 6.07) is 8.01. The van der Waals surface area contributed by atoms with Gasteiger partial charge in [-0.2, -0.15) is 5.10 Å². The van der Waals surface area contributed by atoms with Crippen LogP contribution in [0.15, 0.2) is 42.7 Å². The molecular weight excluding hydrogens is 373 g/mol. The predicted octanol–water partition coefficient (Wildman–Crippen LogP) is 3.23. The number of nitrogens with one attached hydrogen (secondary N) is 1. The minimum absolute atomic E-state index is 0.157. The van der Waals surface area contributed by atoms with Gasteiger partial charge in [-0.15, -0.1) is 0 Å². The molecule has 0 atom stereocenters. The molecule has 8 heteroatoms. The zero-order valence-electron chi connectivity index (χ0n) is 16.0. The highest BCUT2D eigenvalue weighted by molar-refractivity contribution is 5.69. The lowest BCUT2D eigenvalue weighted by Gasteiger charge is -2.06. The fourth-order valence-electron chi connectivity index (χ4n) is 3.47. The SMILES string of the molecule is O=C(CCCNc1ncccn1)OCc1nn(-c2ccc(F)cc2)c2c1CCC2. The van der Waals surface area contributed by atoms with Crippen molar-refractivity contribution >= 4 is 11.9 Å². The van der Waals surface area contributed by atoms with E-state index in [4.69, 9.17) is 4.74 Å². The van der Waals surface area contributed by atoms with Gasteiger partial charge in [0.1, 0.15) is 18.1 Å². The molecule has 2 aromatic heterocycles. The van der Waals surface area contributed by atoms with E-state index in [1.165, 1.54) is 12.1 Å². The number of esters is 1. The molecule has 4 rings (SSSR count). The number of carbonyl (C=O) groups excluding carboxylic acids is 1. The van der Waals surface area contributed by atoms with Gasteiger partial charge in [-0.1, -0.05) is 0 Å². The van der Waals surface area contributed by atoms with E-state index < -0.39 is 0 Å². The van der Waals surface area contributed by atoms with Crippen LogP contribution in [0.3, 0.4) is 0 Å². The summed E-state index contributed by atoms with van der Waals surface area (Å²) >= 11 is 0. The second-order valence-corrected chi connectivity index (χ2v) is 6.88. The van der Waals surface area contributed by atoms with Crippen molar-refractivity contribution in [3.63, 3.8) is 0 Å². The van der Waals surface area contributed by atoms with Crippen LogP contribution in [0.25, 0.3) is 5.69 Å². The molecule has 0 unspecified atom stereocenters. The molecule has 0 amide bonds. The summed E-state index contributed by atoms with van der Waals surface area (Å²) in [6.45, 7) is 0.748. The Hall–Kier alpha value is -3.29. The molecule has 0 saturated carbocycles. The minimum Gasteiger partial charge on any atom is -0.459 e. The van der Waals surface area contributed by atoms with Crippen LogP contribution in [-0.4, -0.2) is 32.3 Å². The van der Waals surface area contributed by atoms with Gasteiger partial charge >= 0.3 is 5.97 Å². The van der Waals surface area contributed by atoms with E-state index in [9.17, 15) is 9.18 Å². The summed E-state index contributed by atoms with van der Waals surface area (Å²) in [5.41, 5.74) is 3.86. The molecule has 0 fully saturated rings. The van der Waals surface area contributed by atoms with Crippen molar-refractivity contribution in [2.24, 2.45) is 0 Å². The Morgan fingerprint density at radius 3 is 2.76 bits per heavy atom. The van der Waals surface area contributed by atoms with E-state index >= 15 is 0 Å². The highest BCUT2D eigenvalue weighted by atomic mass is 19.1. The quantitative estimate of drug-likeness (QED) is 0.466. The summed E-state index contributed by atoms with van der Waals surface area (Å²) in [4.78, 5) is 20.2. The van der Waals surface area contributed by atoms with Crippen molar-refractivity contribution < 1.29 is 13.9 Å². The molecule has 1 aliphatic carbocycles. The number of rotatable bonds is 8. The average Bonchev–Trinajstić information content (AvgIpc) is 3.34. The third kappa shape index (κ3) is 4.59. The van der Waals surface area contributed by atoms with Gasteiger partial charge in [-0.25, -0.2) is 19.0 Å². The number of nitrogens with zero attached hydrogens (tertiary/aromatic N) is 4. The van der Waals surface area contributed by atoms with Crippen LogP contribution in [0.1, 0.15) is 36.2 Å². The summed E-state index contributed by atoms with van der Waals surface area (Å²) in [7, 11) is 0. The highest BCUT2D eigenvalue weighted by Gasteiger charge is 2.23. The predicted molar refractivity (Wildman–Crippen MR) is 105 cm³/mol. The van der Waals surface area contributed by atoms with Gasteiger partial charge in [-0.3, -0.25) is 4.79 Å². The van der Waals surface area contributed by atoms with Crippen molar-refractivity contribution in [1.82, 2.24) is 19.7 Å². The number of fused-ring (bicyclic) bond motifs is 1. The molecule has 2 heterocycles. The van der Waals surface area contributed by atoms with Crippen LogP contribution >= 0.6 is 0 Å². The van der Waals surface area contributed by atoms with Crippen molar-refractivity contribution in [1.29, 1.82) is 0 Å². The molecule has 1 aliphatic rings. The first kappa shape index (κ1) is 19.0. The number of halogens is 1. The first-order valence-corrected chi connectivity index (χ1v) is 9.73. The summed E-state index contributed by atoms with van der Waals surface area (Å²) in [5.74, 6) is 0.00615. The van der Waals surface area contributed by atoms with E-state index in [-0.39, 0.29) is 18.4 Å². The number of hydrogen-bond donors (Lipinski definition) is 1. The Kier molecular flexibility index (Phi) is 5.79. The highest BCUT2D eigenvalue weighted by Crippen LogP contribution is 2.28. The normalized spacial score (nSPS) is 12.6. The number of ether oxygens (including phenoxy) is 1. The van der Waals surface area contributed by atoms with E-state index in [0.717, 1.165) is 41.9 Å². The van der Waals surface area contributed by atoms with Gasteiger partial charge < -0.3 is 10.1 Å². The van der Waals surface area contributed by atoms with Crippen molar-refractivity contribution in [3.05, 3.63) is 65.5 Å². The number of carbonyl (C=O) groups is 1. The Bertz CT molecular complexity index is 973. The fraction of sp³-hybridized carbons (Fsp3) is 0.333. The van der Waals surface area contributed by atoms with Crippen LogP contribution in [0, 0.1) is 5.82 Å². The van der Waals surface area contributed by atoms with E-state index in [0.29, 0.717) is 25.3 Å². The third-order valence-electron chi connectivity index (χ3n) is 4.86. The molecule has 1 aromatic carbocycles. The number of benzene rings is 1. The van der Waals surface area contributed by atoms with Gasteiger partial charge in [0.15, 0.2) is 0 Å². The average molecular weight is 395 g/mol. The Morgan fingerprint density at radius 2 is 1.97 bits per heavy atom. The van der Waals surface area contributed by atoms with Crippen LogP contribution in [0.2, 0.25) is 0 Å². The molecule has 3 aromatic rings. The standard InChI is InChI=1S/C21H22FN5O2/c22-15-7-9-16(10-8-15)27-19-5-1-4-17(19)18(26-27)14-29-20(28)6-2-11-23-21-24-12-3-13-25-21/h3,7-10,12-13H,1-2,4-6,11,14H2,(H,23,24,25). The molecule has 0 aliphatic heterocycles. The van der Waals surface area contributed by atoms with Gasteiger partial charge in [-0.05, 0) is 56.0 Å². The summed E-state index contributed by atoms with van der Waals surface area (Å²) < 4.78 is 20.5. The summed E-state index contributed by atoms with van der Waals surface area (Å²) in [5, 5.41) is 7.69. The molecule has 0 spiro atoms. The lowest BCUT2D eigenvalue weighted by Crippen LogP contribution is -2.10. The van der Waals surface area contributed by atoms with Gasteiger partial charge in [0.25, 0.3) is 0 Å².